The Morgan fingerprint density at radius 1 is 1.43 bits per heavy atom. The lowest BCUT2D eigenvalue weighted by atomic mass is 10.1. The fraction of sp³-hybridized carbons (Fsp3) is 0.857. The second-order valence-electron chi connectivity index (χ2n) is 4.10. The minimum Gasteiger partial charge on any atom is -0.392 e. The lowest BCUT2D eigenvalue weighted by Crippen LogP contribution is -2.51. The molecular formula is C7H17N3O2S2. The molecule has 0 radical (unpaired) electrons. The van der Waals surface area contributed by atoms with Crippen molar-refractivity contribution in [3.63, 3.8) is 0 Å². The van der Waals surface area contributed by atoms with E-state index in [1.807, 2.05) is 0 Å². The van der Waals surface area contributed by atoms with Gasteiger partial charge >= 0.3 is 0 Å². The van der Waals surface area contributed by atoms with Crippen LogP contribution in [0.4, 0.5) is 0 Å². The Morgan fingerprint density at radius 3 is 2.14 bits per heavy atom. The quantitative estimate of drug-likeness (QED) is 0.597. The van der Waals surface area contributed by atoms with Gasteiger partial charge in [0.15, 0.2) is 0 Å². The van der Waals surface area contributed by atoms with Gasteiger partial charge in [-0.2, -0.15) is 17.9 Å². The van der Waals surface area contributed by atoms with Crippen LogP contribution in [0.25, 0.3) is 0 Å². The van der Waals surface area contributed by atoms with Gasteiger partial charge in [-0.25, -0.2) is 0 Å². The minimum absolute atomic E-state index is 0.115. The summed E-state index contributed by atoms with van der Waals surface area (Å²) in [6, 6.07) is -0.551. The third-order valence-corrected chi connectivity index (χ3v) is 3.10. The first-order valence-electron chi connectivity index (χ1n) is 4.14. The summed E-state index contributed by atoms with van der Waals surface area (Å²) in [6.07, 6.45) is 0. The Balaban J connectivity index is 4.45. The molecule has 0 aliphatic heterocycles. The van der Waals surface area contributed by atoms with Crippen LogP contribution in [0.15, 0.2) is 0 Å². The largest absolute Gasteiger partial charge is 0.392 e. The van der Waals surface area contributed by atoms with Gasteiger partial charge in [-0.3, -0.25) is 0 Å². The average molecular weight is 239 g/mol. The predicted molar refractivity (Wildman–Crippen MR) is 61.2 cm³/mol. The van der Waals surface area contributed by atoms with Gasteiger partial charge in [-0.15, -0.1) is 0 Å². The van der Waals surface area contributed by atoms with Crippen molar-refractivity contribution in [2.24, 2.45) is 5.73 Å². The molecule has 84 valence electrons. The van der Waals surface area contributed by atoms with E-state index in [1.165, 1.54) is 0 Å². The van der Waals surface area contributed by atoms with Gasteiger partial charge in [0.1, 0.15) is 0 Å². The molecule has 0 spiro atoms. The third-order valence-electron chi connectivity index (χ3n) is 1.20. The van der Waals surface area contributed by atoms with E-state index in [9.17, 15) is 8.42 Å². The van der Waals surface area contributed by atoms with Crippen LogP contribution < -0.4 is 15.2 Å². The molecule has 1 unspecified atom stereocenters. The van der Waals surface area contributed by atoms with E-state index in [0.29, 0.717) is 0 Å². The Hall–Kier alpha value is -0.240. The zero-order valence-corrected chi connectivity index (χ0v) is 10.4. The highest BCUT2D eigenvalue weighted by Crippen LogP contribution is 2.01. The molecule has 1 atom stereocenters. The van der Waals surface area contributed by atoms with Crippen molar-refractivity contribution in [1.29, 1.82) is 0 Å². The van der Waals surface area contributed by atoms with Crippen LogP contribution in [-0.2, 0) is 10.2 Å². The van der Waals surface area contributed by atoms with Crippen molar-refractivity contribution in [2.45, 2.75) is 39.3 Å². The molecule has 0 bridgehead atoms. The van der Waals surface area contributed by atoms with Gasteiger partial charge in [0.2, 0.25) is 0 Å². The van der Waals surface area contributed by atoms with E-state index in [0.717, 1.165) is 0 Å². The molecular weight excluding hydrogens is 222 g/mol. The second-order valence-corrected chi connectivity index (χ2v) is 6.02. The van der Waals surface area contributed by atoms with Crippen LogP contribution >= 0.6 is 12.2 Å². The van der Waals surface area contributed by atoms with Crippen molar-refractivity contribution < 1.29 is 8.42 Å². The maximum atomic E-state index is 11.4. The predicted octanol–water partition coefficient (Wildman–Crippen LogP) is -0.116. The summed E-state index contributed by atoms with van der Waals surface area (Å²) in [6.45, 7) is 6.83. The molecule has 5 nitrogen and oxygen atoms in total. The molecule has 0 heterocycles. The summed E-state index contributed by atoms with van der Waals surface area (Å²) in [5, 5.41) is 0. The first kappa shape index (κ1) is 13.8. The molecule has 0 aromatic carbocycles. The fourth-order valence-corrected chi connectivity index (χ4v) is 2.31. The number of thiocarbonyl (C=S) groups is 1. The highest BCUT2D eigenvalue weighted by Gasteiger charge is 2.21. The highest BCUT2D eigenvalue weighted by atomic mass is 32.2. The number of nitrogens with two attached hydrogens (primary N) is 1. The number of rotatable bonds is 4. The molecule has 0 aromatic rings. The van der Waals surface area contributed by atoms with E-state index >= 15 is 0 Å². The van der Waals surface area contributed by atoms with Crippen LogP contribution in [0.3, 0.4) is 0 Å². The monoisotopic (exact) mass is 239 g/mol. The van der Waals surface area contributed by atoms with E-state index < -0.39 is 21.8 Å². The van der Waals surface area contributed by atoms with Crippen molar-refractivity contribution in [3.8, 4) is 0 Å². The molecule has 0 amide bonds. The molecule has 0 aromatic heterocycles. The van der Waals surface area contributed by atoms with Gasteiger partial charge in [-0.1, -0.05) is 12.2 Å². The Labute approximate surface area is 90.6 Å². The molecule has 4 N–H and O–H groups in total. The van der Waals surface area contributed by atoms with Crippen molar-refractivity contribution in [2.75, 3.05) is 0 Å². The van der Waals surface area contributed by atoms with Crippen LogP contribution in [0, 0.1) is 0 Å². The van der Waals surface area contributed by atoms with Crippen LogP contribution in [-0.4, -0.2) is 25.0 Å². The molecule has 0 saturated carbocycles. The Kier molecular flexibility index (Phi) is 4.44. The van der Waals surface area contributed by atoms with Crippen molar-refractivity contribution in [3.05, 3.63) is 0 Å². The van der Waals surface area contributed by atoms with E-state index in [4.69, 9.17) is 5.73 Å². The summed E-state index contributed by atoms with van der Waals surface area (Å²) in [5.41, 5.74) is 4.76. The van der Waals surface area contributed by atoms with Crippen LogP contribution in [0.1, 0.15) is 27.7 Å². The molecule has 0 aliphatic carbocycles. The van der Waals surface area contributed by atoms with E-state index in [-0.39, 0.29) is 4.99 Å². The summed E-state index contributed by atoms with van der Waals surface area (Å²) in [4.78, 5) is 0.115. The molecule has 0 saturated heterocycles. The molecule has 7 heteroatoms. The van der Waals surface area contributed by atoms with Gasteiger partial charge < -0.3 is 5.73 Å². The summed E-state index contributed by atoms with van der Waals surface area (Å²) >= 11 is 4.65. The van der Waals surface area contributed by atoms with Crippen LogP contribution in [0.2, 0.25) is 0 Å². The van der Waals surface area contributed by atoms with Crippen LogP contribution in [0.5, 0.6) is 0 Å². The summed E-state index contributed by atoms with van der Waals surface area (Å²) < 4.78 is 27.6. The maximum absolute atomic E-state index is 11.4. The fourth-order valence-electron chi connectivity index (χ4n) is 0.723. The van der Waals surface area contributed by atoms with E-state index in [2.05, 4.69) is 21.7 Å². The smallest absolute Gasteiger partial charge is 0.278 e. The number of hydrogen-bond donors (Lipinski definition) is 3. The maximum Gasteiger partial charge on any atom is 0.278 e. The summed E-state index contributed by atoms with van der Waals surface area (Å²) in [7, 11) is -3.55. The Morgan fingerprint density at radius 2 is 1.86 bits per heavy atom. The zero-order chi connectivity index (χ0) is 11.6. The Bertz CT molecular complexity index is 305. The molecule has 0 aliphatic rings. The highest BCUT2D eigenvalue weighted by molar-refractivity contribution is 7.87. The van der Waals surface area contributed by atoms with Gasteiger partial charge in [0, 0.05) is 5.54 Å². The summed E-state index contributed by atoms with van der Waals surface area (Å²) in [5.74, 6) is 0. The van der Waals surface area contributed by atoms with Crippen molar-refractivity contribution >= 4 is 27.4 Å². The zero-order valence-electron chi connectivity index (χ0n) is 8.79. The van der Waals surface area contributed by atoms with Gasteiger partial charge in [0.05, 0.1) is 11.0 Å². The third kappa shape index (κ3) is 6.25. The first-order valence-corrected chi connectivity index (χ1v) is 6.03. The van der Waals surface area contributed by atoms with Gasteiger partial charge in [-0.05, 0) is 27.7 Å². The first-order chi connectivity index (χ1) is 6.03. The molecule has 0 rings (SSSR count). The topological polar surface area (TPSA) is 84.2 Å². The normalized spacial score (nSPS) is 15.1. The number of nitrogens with one attached hydrogen (secondary N) is 2. The number of hydrogen-bond acceptors (Lipinski definition) is 3. The standard InChI is InChI=1S/C7H17N3O2S2/c1-5(6(8)13)9-14(11,12)10-7(2,3)4/h5,9-10H,1-4H3,(H2,8,13). The van der Waals surface area contributed by atoms with E-state index in [1.54, 1.807) is 27.7 Å². The minimum atomic E-state index is -3.55. The van der Waals surface area contributed by atoms with Gasteiger partial charge in [0.25, 0.3) is 10.2 Å². The lowest BCUT2D eigenvalue weighted by Gasteiger charge is -2.22. The molecule has 14 heavy (non-hydrogen) atoms. The average Bonchev–Trinajstić information content (AvgIpc) is 1.78. The van der Waals surface area contributed by atoms with Crippen molar-refractivity contribution in [1.82, 2.24) is 9.44 Å². The lowest BCUT2D eigenvalue weighted by molar-refractivity contribution is 0.482. The second kappa shape index (κ2) is 4.52. The SMILES string of the molecule is CC(NS(=O)(=O)NC(C)(C)C)C(N)=S. The molecule has 0 fully saturated rings.